The van der Waals surface area contributed by atoms with Gasteiger partial charge in [0.1, 0.15) is 6.42 Å². The molecule has 0 aromatic heterocycles. The van der Waals surface area contributed by atoms with Crippen molar-refractivity contribution >= 4 is 17.5 Å². The SMILES string of the molecule is Cc1ccc(CNC(=O)CC(=O)Nc2ccc(C)c(C)c2)cc1. The van der Waals surface area contributed by atoms with Crippen LogP contribution in [0.2, 0.25) is 0 Å². The Hall–Kier alpha value is -2.62. The van der Waals surface area contributed by atoms with E-state index in [1.54, 1.807) is 0 Å². The van der Waals surface area contributed by atoms with Crippen LogP contribution in [-0.2, 0) is 16.1 Å². The molecule has 2 aromatic carbocycles. The standard InChI is InChI=1S/C19H22N2O2/c1-13-4-7-16(8-5-13)12-20-18(22)11-19(23)21-17-9-6-14(2)15(3)10-17/h4-10H,11-12H2,1-3H3,(H,20,22)(H,21,23). The zero-order valence-corrected chi connectivity index (χ0v) is 13.8. The third kappa shape index (κ3) is 5.25. The molecule has 0 heterocycles. The molecule has 0 aliphatic heterocycles. The maximum Gasteiger partial charge on any atom is 0.233 e. The number of rotatable bonds is 5. The van der Waals surface area contributed by atoms with Gasteiger partial charge in [0.25, 0.3) is 0 Å². The summed E-state index contributed by atoms with van der Waals surface area (Å²) >= 11 is 0. The second kappa shape index (κ2) is 7.58. The second-order valence-corrected chi connectivity index (χ2v) is 5.79. The predicted octanol–water partition coefficient (Wildman–Crippen LogP) is 3.26. The number of nitrogens with one attached hydrogen (secondary N) is 2. The van der Waals surface area contributed by atoms with Crippen molar-refractivity contribution in [3.05, 3.63) is 64.7 Å². The van der Waals surface area contributed by atoms with Crippen LogP contribution in [0.5, 0.6) is 0 Å². The summed E-state index contributed by atoms with van der Waals surface area (Å²) in [5.74, 6) is -0.596. The minimum absolute atomic E-state index is 0.182. The summed E-state index contributed by atoms with van der Waals surface area (Å²) in [6.45, 7) is 6.44. The van der Waals surface area contributed by atoms with Gasteiger partial charge in [-0.2, -0.15) is 0 Å². The van der Waals surface area contributed by atoms with Crippen LogP contribution in [0.15, 0.2) is 42.5 Å². The molecular formula is C19H22N2O2. The van der Waals surface area contributed by atoms with Crippen LogP contribution in [0.25, 0.3) is 0 Å². The first-order chi connectivity index (χ1) is 10.9. The highest BCUT2D eigenvalue weighted by Crippen LogP contribution is 2.14. The molecule has 0 unspecified atom stereocenters. The zero-order valence-electron chi connectivity index (χ0n) is 13.8. The Morgan fingerprint density at radius 1 is 0.870 bits per heavy atom. The van der Waals surface area contributed by atoms with E-state index in [1.165, 1.54) is 11.1 Å². The maximum absolute atomic E-state index is 11.9. The Kier molecular flexibility index (Phi) is 5.52. The van der Waals surface area contributed by atoms with Gasteiger partial charge in [-0.1, -0.05) is 35.9 Å². The van der Waals surface area contributed by atoms with Gasteiger partial charge in [-0.05, 0) is 49.6 Å². The third-order valence-corrected chi connectivity index (χ3v) is 3.72. The van der Waals surface area contributed by atoms with Crippen molar-refractivity contribution in [2.45, 2.75) is 33.7 Å². The molecule has 0 spiro atoms. The van der Waals surface area contributed by atoms with Crippen molar-refractivity contribution in [2.24, 2.45) is 0 Å². The van der Waals surface area contributed by atoms with Crippen LogP contribution >= 0.6 is 0 Å². The van der Waals surface area contributed by atoms with E-state index in [0.717, 1.165) is 11.1 Å². The van der Waals surface area contributed by atoms with E-state index in [9.17, 15) is 9.59 Å². The zero-order chi connectivity index (χ0) is 16.8. The topological polar surface area (TPSA) is 58.2 Å². The summed E-state index contributed by atoms with van der Waals surface area (Å²) in [5.41, 5.74) is 5.17. The number of carbonyl (C=O) groups excluding carboxylic acids is 2. The van der Waals surface area contributed by atoms with E-state index in [4.69, 9.17) is 0 Å². The molecule has 0 fully saturated rings. The van der Waals surface area contributed by atoms with Crippen molar-refractivity contribution in [3.8, 4) is 0 Å². The Balaban J connectivity index is 1.81. The monoisotopic (exact) mass is 310 g/mol. The van der Waals surface area contributed by atoms with Crippen LogP contribution in [0.3, 0.4) is 0 Å². The molecule has 0 aliphatic carbocycles. The van der Waals surface area contributed by atoms with Crippen LogP contribution in [-0.4, -0.2) is 11.8 Å². The predicted molar refractivity (Wildman–Crippen MR) is 92.2 cm³/mol. The molecule has 4 nitrogen and oxygen atoms in total. The summed E-state index contributed by atoms with van der Waals surface area (Å²) in [6, 6.07) is 13.6. The summed E-state index contributed by atoms with van der Waals surface area (Å²) in [7, 11) is 0. The molecule has 120 valence electrons. The Bertz CT molecular complexity index is 706. The van der Waals surface area contributed by atoms with Gasteiger partial charge in [-0.15, -0.1) is 0 Å². The molecule has 2 aromatic rings. The van der Waals surface area contributed by atoms with Gasteiger partial charge in [-0.3, -0.25) is 9.59 Å². The summed E-state index contributed by atoms with van der Waals surface area (Å²) in [4.78, 5) is 23.7. The molecule has 2 rings (SSSR count). The number of anilines is 1. The van der Waals surface area contributed by atoms with E-state index >= 15 is 0 Å². The molecule has 2 N–H and O–H groups in total. The van der Waals surface area contributed by atoms with Crippen molar-refractivity contribution in [1.82, 2.24) is 5.32 Å². The first kappa shape index (κ1) is 16.7. The second-order valence-electron chi connectivity index (χ2n) is 5.79. The smallest absolute Gasteiger partial charge is 0.233 e. The van der Waals surface area contributed by atoms with Gasteiger partial charge in [0.2, 0.25) is 11.8 Å². The van der Waals surface area contributed by atoms with Crippen molar-refractivity contribution < 1.29 is 9.59 Å². The van der Waals surface area contributed by atoms with E-state index in [1.807, 2.05) is 63.2 Å². The van der Waals surface area contributed by atoms with Gasteiger partial charge < -0.3 is 10.6 Å². The highest BCUT2D eigenvalue weighted by molar-refractivity contribution is 6.03. The third-order valence-electron chi connectivity index (χ3n) is 3.72. The number of hydrogen-bond acceptors (Lipinski definition) is 2. The van der Waals surface area contributed by atoms with Crippen LogP contribution < -0.4 is 10.6 Å². The highest BCUT2D eigenvalue weighted by atomic mass is 16.2. The fourth-order valence-corrected chi connectivity index (χ4v) is 2.14. The number of aryl methyl sites for hydroxylation is 3. The summed E-state index contributed by atoms with van der Waals surface area (Å²) in [5, 5.41) is 5.50. The van der Waals surface area contributed by atoms with E-state index in [2.05, 4.69) is 10.6 Å². The summed E-state index contributed by atoms with van der Waals surface area (Å²) < 4.78 is 0. The number of carbonyl (C=O) groups is 2. The number of hydrogen-bond donors (Lipinski definition) is 2. The molecule has 0 saturated carbocycles. The lowest BCUT2D eigenvalue weighted by Gasteiger charge is -2.08. The quantitative estimate of drug-likeness (QED) is 0.833. The normalized spacial score (nSPS) is 10.2. The molecule has 0 radical (unpaired) electrons. The van der Waals surface area contributed by atoms with Crippen molar-refractivity contribution in [1.29, 1.82) is 0 Å². The number of amides is 2. The van der Waals surface area contributed by atoms with Crippen molar-refractivity contribution in [3.63, 3.8) is 0 Å². The molecule has 4 heteroatoms. The lowest BCUT2D eigenvalue weighted by Crippen LogP contribution is -2.27. The minimum atomic E-state index is -0.311. The Morgan fingerprint density at radius 3 is 2.22 bits per heavy atom. The maximum atomic E-state index is 11.9. The average molecular weight is 310 g/mol. The first-order valence-electron chi connectivity index (χ1n) is 7.63. The minimum Gasteiger partial charge on any atom is -0.352 e. The van der Waals surface area contributed by atoms with Crippen LogP contribution in [0.1, 0.15) is 28.7 Å². The van der Waals surface area contributed by atoms with E-state index in [0.29, 0.717) is 12.2 Å². The van der Waals surface area contributed by atoms with Crippen LogP contribution in [0.4, 0.5) is 5.69 Å². The molecule has 2 amide bonds. The van der Waals surface area contributed by atoms with E-state index < -0.39 is 0 Å². The lowest BCUT2D eigenvalue weighted by atomic mass is 10.1. The molecule has 0 bridgehead atoms. The first-order valence-corrected chi connectivity index (χ1v) is 7.63. The largest absolute Gasteiger partial charge is 0.352 e. The Labute approximate surface area is 136 Å². The highest BCUT2D eigenvalue weighted by Gasteiger charge is 2.09. The molecular weight excluding hydrogens is 288 g/mol. The van der Waals surface area contributed by atoms with Crippen molar-refractivity contribution in [2.75, 3.05) is 5.32 Å². The van der Waals surface area contributed by atoms with Gasteiger partial charge in [0.15, 0.2) is 0 Å². The molecule has 0 aliphatic rings. The molecule has 0 saturated heterocycles. The number of benzene rings is 2. The summed E-state index contributed by atoms with van der Waals surface area (Å²) in [6.07, 6.45) is -0.182. The lowest BCUT2D eigenvalue weighted by molar-refractivity contribution is -0.126. The van der Waals surface area contributed by atoms with Gasteiger partial charge in [0, 0.05) is 12.2 Å². The molecule has 0 atom stereocenters. The van der Waals surface area contributed by atoms with Gasteiger partial charge >= 0.3 is 0 Å². The molecule has 23 heavy (non-hydrogen) atoms. The fourth-order valence-electron chi connectivity index (χ4n) is 2.14. The van der Waals surface area contributed by atoms with E-state index in [-0.39, 0.29) is 18.2 Å². The average Bonchev–Trinajstić information content (AvgIpc) is 2.50. The van der Waals surface area contributed by atoms with Crippen LogP contribution in [0, 0.1) is 20.8 Å². The Morgan fingerprint density at radius 2 is 1.57 bits per heavy atom. The van der Waals surface area contributed by atoms with Gasteiger partial charge in [0.05, 0.1) is 0 Å². The fraction of sp³-hybridized carbons (Fsp3) is 0.263. The van der Waals surface area contributed by atoms with Gasteiger partial charge in [-0.25, -0.2) is 0 Å².